The first kappa shape index (κ1) is 21.5. The van der Waals surface area contributed by atoms with Gasteiger partial charge in [-0.05, 0) is 42.0 Å². The lowest BCUT2D eigenvalue weighted by atomic mass is 10.0. The fourth-order valence-corrected chi connectivity index (χ4v) is 3.56. The monoisotopic (exact) mass is 454 g/mol. The molecular weight excluding hydrogens is 441 g/mol. The quantitative estimate of drug-likeness (QED) is 0.470. The first-order valence-electron chi connectivity index (χ1n) is 9.41. The molecule has 1 heterocycles. The molecule has 0 aliphatic carbocycles. The van der Waals surface area contributed by atoms with Gasteiger partial charge in [0, 0.05) is 22.4 Å². The average Bonchev–Trinajstić information content (AvgIpc) is 3.07. The van der Waals surface area contributed by atoms with Crippen LogP contribution in [0, 0.1) is 11.3 Å². The van der Waals surface area contributed by atoms with Gasteiger partial charge in [-0.25, -0.2) is 0 Å². The van der Waals surface area contributed by atoms with E-state index in [1.165, 1.54) is 6.07 Å². The van der Waals surface area contributed by atoms with Gasteiger partial charge in [0.1, 0.15) is 12.4 Å². The Hall–Kier alpha value is -3.76. The van der Waals surface area contributed by atoms with E-state index in [1.807, 2.05) is 0 Å². The van der Waals surface area contributed by atoms with Gasteiger partial charge in [-0.2, -0.15) is 18.4 Å². The van der Waals surface area contributed by atoms with E-state index < -0.39 is 17.6 Å². The zero-order valence-corrected chi connectivity index (χ0v) is 17.1. The number of carbonyl (C=O) groups is 1. The highest BCUT2D eigenvalue weighted by Crippen LogP contribution is 2.38. The highest BCUT2D eigenvalue weighted by Gasteiger charge is 2.33. The van der Waals surface area contributed by atoms with Gasteiger partial charge >= 0.3 is 6.18 Å². The summed E-state index contributed by atoms with van der Waals surface area (Å²) in [6.45, 7) is 0.154. The van der Waals surface area contributed by atoms with E-state index in [2.05, 4.69) is 11.4 Å². The molecule has 0 saturated heterocycles. The Balaban J connectivity index is 1.56. The van der Waals surface area contributed by atoms with E-state index in [0.29, 0.717) is 27.5 Å². The van der Waals surface area contributed by atoms with Gasteiger partial charge in [0.15, 0.2) is 0 Å². The lowest BCUT2D eigenvalue weighted by molar-refractivity contribution is -0.137. The molecule has 3 aromatic rings. The van der Waals surface area contributed by atoms with Crippen molar-refractivity contribution in [2.45, 2.75) is 12.8 Å². The number of hydrogen-bond acceptors (Lipinski definition) is 3. The lowest BCUT2D eigenvalue weighted by Gasteiger charge is -2.10. The van der Waals surface area contributed by atoms with Crippen molar-refractivity contribution in [1.82, 2.24) is 0 Å². The highest BCUT2D eigenvalue weighted by atomic mass is 35.5. The second-order valence-electron chi connectivity index (χ2n) is 7.02. The maximum atomic E-state index is 12.9. The molecule has 32 heavy (non-hydrogen) atoms. The van der Waals surface area contributed by atoms with Gasteiger partial charge in [-0.15, -0.1) is 0 Å². The number of fused-ring (bicyclic) bond motifs is 1. The molecule has 0 unspecified atom stereocenters. The molecule has 0 fully saturated rings. The SMILES string of the molecule is N#Cc1ccccc1COc1ccc(/C=C2\C(=O)Nc3cc(C(F)(F)F)ccc32)cc1Cl. The molecule has 0 aromatic heterocycles. The Morgan fingerprint density at radius 1 is 1.09 bits per heavy atom. The van der Waals surface area contributed by atoms with Crippen LogP contribution in [0.15, 0.2) is 60.7 Å². The van der Waals surface area contributed by atoms with Gasteiger partial charge in [0.25, 0.3) is 5.91 Å². The minimum absolute atomic E-state index is 0.110. The standard InChI is InChI=1S/C24H14ClF3N2O2/c25-20-10-14(5-8-22(20)32-13-16-4-2-1-3-15(16)12-29)9-19-18-7-6-17(24(26,27)28)11-21(18)30-23(19)31/h1-11H,13H2,(H,30,31)/b19-9-. The minimum atomic E-state index is -4.50. The van der Waals surface area contributed by atoms with Gasteiger partial charge in [-0.3, -0.25) is 4.79 Å². The summed E-state index contributed by atoms with van der Waals surface area (Å²) < 4.78 is 44.5. The molecule has 4 nitrogen and oxygen atoms in total. The molecule has 0 saturated carbocycles. The number of alkyl halides is 3. The Bertz CT molecular complexity index is 1290. The van der Waals surface area contributed by atoms with Gasteiger partial charge in [-0.1, -0.05) is 41.9 Å². The van der Waals surface area contributed by atoms with E-state index >= 15 is 0 Å². The van der Waals surface area contributed by atoms with Crippen LogP contribution in [0.3, 0.4) is 0 Å². The topological polar surface area (TPSA) is 62.1 Å². The summed E-state index contributed by atoms with van der Waals surface area (Å²) in [6.07, 6.45) is -2.95. The minimum Gasteiger partial charge on any atom is -0.487 e. The maximum absolute atomic E-state index is 12.9. The van der Waals surface area contributed by atoms with E-state index in [1.54, 1.807) is 48.5 Å². The number of benzene rings is 3. The van der Waals surface area contributed by atoms with Crippen molar-refractivity contribution >= 4 is 34.8 Å². The number of nitrogens with zero attached hydrogens (tertiary/aromatic N) is 1. The number of halogens is 4. The van der Waals surface area contributed by atoms with Crippen LogP contribution in [0.4, 0.5) is 18.9 Å². The summed E-state index contributed by atoms with van der Waals surface area (Å²) in [6, 6.07) is 17.2. The predicted octanol–water partition coefficient (Wildman–Crippen LogP) is 6.30. The number of carbonyl (C=O) groups excluding carboxylic acids is 1. The molecule has 0 radical (unpaired) electrons. The molecular formula is C24H14ClF3N2O2. The first-order chi connectivity index (χ1) is 15.3. The average molecular weight is 455 g/mol. The third-order valence-electron chi connectivity index (χ3n) is 4.92. The normalized spacial score (nSPS) is 14.1. The van der Waals surface area contributed by atoms with E-state index in [0.717, 1.165) is 17.7 Å². The van der Waals surface area contributed by atoms with Gasteiger partial charge in [0.05, 0.1) is 22.2 Å². The Morgan fingerprint density at radius 3 is 2.59 bits per heavy atom. The first-order valence-corrected chi connectivity index (χ1v) is 9.79. The molecule has 0 atom stereocenters. The van der Waals surface area contributed by atoms with Crippen molar-refractivity contribution in [3.8, 4) is 11.8 Å². The fourth-order valence-electron chi connectivity index (χ4n) is 3.32. The number of hydrogen-bond donors (Lipinski definition) is 1. The van der Waals surface area contributed by atoms with Crippen molar-refractivity contribution in [2.75, 3.05) is 5.32 Å². The van der Waals surface area contributed by atoms with Crippen LogP contribution >= 0.6 is 11.6 Å². The Morgan fingerprint density at radius 2 is 1.88 bits per heavy atom. The van der Waals surface area contributed by atoms with Gasteiger partial charge in [0.2, 0.25) is 0 Å². The number of nitriles is 1. The summed E-state index contributed by atoms with van der Waals surface area (Å²) in [4.78, 5) is 12.3. The van der Waals surface area contributed by atoms with E-state index in [-0.39, 0.29) is 17.9 Å². The Labute approximate surface area is 186 Å². The molecule has 0 bridgehead atoms. The molecule has 1 aliphatic rings. The van der Waals surface area contributed by atoms with Crippen LogP contribution in [0.25, 0.3) is 11.6 Å². The van der Waals surface area contributed by atoms with Crippen molar-refractivity contribution < 1.29 is 22.7 Å². The van der Waals surface area contributed by atoms with E-state index in [4.69, 9.17) is 21.6 Å². The molecule has 0 spiro atoms. The summed E-state index contributed by atoms with van der Waals surface area (Å²) in [5.41, 5.74) is 1.70. The van der Waals surface area contributed by atoms with Crippen molar-refractivity contribution in [3.05, 3.63) is 93.5 Å². The van der Waals surface area contributed by atoms with Crippen molar-refractivity contribution in [3.63, 3.8) is 0 Å². The number of nitrogens with one attached hydrogen (secondary N) is 1. The summed E-state index contributed by atoms with van der Waals surface area (Å²) >= 11 is 6.32. The molecule has 8 heteroatoms. The second kappa shape index (κ2) is 8.40. The third kappa shape index (κ3) is 4.32. The zero-order chi connectivity index (χ0) is 22.9. The summed E-state index contributed by atoms with van der Waals surface area (Å²) in [5.74, 6) is -0.100. The van der Waals surface area contributed by atoms with Gasteiger partial charge < -0.3 is 10.1 Å². The van der Waals surface area contributed by atoms with E-state index in [9.17, 15) is 18.0 Å². The number of amides is 1. The molecule has 4 rings (SSSR count). The van der Waals surface area contributed by atoms with Crippen LogP contribution in [-0.4, -0.2) is 5.91 Å². The second-order valence-corrected chi connectivity index (χ2v) is 7.42. The van der Waals surface area contributed by atoms with Crippen molar-refractivity contribution in [1.29, 1.82) is 5.26 Å². The fraction of sp³-hybridized carbons (Fsp3) is 0.0833. The molecule has 1 aliphatic heterocycles. The van der Waals surface area contributed by atoms with Crippen molar-refractivity contribution in [2.24, 2.45) is 0 Å². The summed E-state index contributed by atoms with van der Waals surface area (Å²) in [5, 5.41) is 11.9. The zero-order valence-electron chi connectivity index (χ0n) is 16.3. The molecule has 1 amide bonds. The van der Waals surface area contributed by atoms with Crippen LogP contribution in [0.5, 0.6) is 5.75 Å². The largest absolute Gasteiger partial charge is 0.487 e. The highest BCUT2D eigenvalue weighted by molar-refractivity contribution is 6.35. The van der Waals surface area contributed by atoms with Crippen LogP contribution in [0.1, 0.15) is 27.8 Å². The molecule has 160 valence electrons. The van der Waals surface area contributed by atoms with Crippen LogP contribution in [0.2, 0.25) is 5.02 Å². The maximum Gasteiger partial charge on any atom is 0.416 e. The Kier molecular flexibility index (Phi) is 5.64. The number of rotatable bonds is 4. The summed E-state index contributed by atoms with van der Waals surface area (Å²) in [7, 11) is 0. The number of ether oxygens (including phenoxy) is 1. The van der Waals surface area contributed by atoms with Crippen LogP contribution < -0.4 is 10.1 Å². The molecule has 3 aromatic carbocycles. The smallest absolute Gasteiger partial charge is 0.416 e. The lowest BCUT2D eigenvalue weighted by Crippen LogP contribution is -2.06. The van der Waals surface area contributed by atoms with Crippen LogP contribution in [-0.2, 0) is 17.6 Å². The third-order valence-corrected chi connectivity index (χ3v) is 5.21. The predicted molar refractivity (Wildman–Crippen MR) is 115 cm³/mol. The molecule has 1 N–H and O–H groups in total. The number of anilines is 1.